The minimum atomic E-state index is -0.625. The minimum absolute atomic E-state index is 0.587. The molecular formula is C14H15NO2. The van der Waals surface area contributed by atoms with Crippen LogP contribution in [0.1, 0.15) is 22.8 Å². The highest BCUT2D eigenvalue weighted by atomic mass is 16.5. The van der Waals surface area contributed by atoms with Crippen molar-refractivity contribution in [2.75, 3.05) is 7.11 Å². The molecule has 1 aromatic heterocycles. The summed E-state index contributed by atoms with van der Waals surface area (Å²) in [7, 11) is 1.67. The Morgan fingerprint density at radius 3 is 2.53 bits per heavy atom. The summed E-state index contributed by atoms with van der Waals surface area (Å²) in [5, 5.41) is 10.1. The SMILES string of the molecule is COCc1ccc(C(O)c2cccnc2)cc1. The van der Waals surface area contributed by atoms with Gasteiger partial charge in [-0.1, -0.05) is 30.3 Å². The first kappa shape index (κ1) is 11.8. The van der Waals surface area contributed by atoms with Crippen molar-refractivity contribution in [1.82, 2.24) is 4.98 Å². The summed E-state index contributed by atoms with van der Waals surface area (Å²) in [5.41, 5.74) is 2.75. The van der Waals surface area contributed by atoms with E-state index in [2.05, 4.69) is 4.98 Å². The first-order chi connectivity index (χ1) is 8.31. The highest BCUT2D eigenvalue weighted by Gasteiger charge is 2.09. The van der Waals surface area contributed by atoms with Crippen LogP contribution in [-0.2, 0) is 11.3 Å². The first-order valence-corrected chi connectivity index (χ1v) is 5.47. The van der Waals surface area contributed by atoms with E-state index in [-0.39, 0.29) is 0 Å². The number of hydrogen-bond acceptors (Lipinski definition) is 3. The van der Waals surface area contributed by atoms with Crippen molar-refractivity contribution < 1.29 is 9.84 Å². The number of nitrogens with zero attached hydrogens (tertiary/aromatic N) is 1. The molecule has 0 amide bonds. The molecule has 0 aliphatic heterocycles. The second kappa shape index (κ2) is 5.57. The van der Waals surface area contributed by atoms with Crippen LogP contribution in [0.25, 0.3) is 0 Å². The van der Waals surface area contributed by atoms with Crippen molar-refractivity contribution in [3.63, 3.8) is 0 Å². The fourth-order valence-electron chi connectivity index (χ4n) is 1.69. The molecule has 88 valence electrons. The van der Waals surface area contributed by atoms with Crippen LogP contribution in [0.15, 0.2) is 48.8 Å². The summed E-state index contributed by atoms with van der Waals surface area (Å²) in [6.45, 7) is 0.587. The second-order valence-electron chi connectivity index (χ2n) is 3.86. The highest BCUT2D eigenvalue weighted by molar-refractivity contribution is 5.30. The van der Waals surface area contributed by atoms with Crippen LogP contribution in [-0.4, -0.2) is 17.2 Å². The molecule has 2 rings (SSSR count). The van der Waals surface area contributed by atoms with Crippen molar-refractivity contribution in [2.45, 2.75) is 12.7 Å². The Kier molecular flexibility index (Phi) is 3.85. The van der Waals surface area contributed by atoms with E-state index in [1.165, 1.54) is 0 Å². The number of aliphatic hydroxyl groups excluding tert-OH is 1. The normalized spacial score (nSPS) is 12.4. The lowest BCUT2D eigenvalue weighted by Gasteiger charge is -2.11. The standard InChI is InChI=1S/C14H15NO2/c1-17-10-11-4-6-12(7-5-11)14(16)13-3-2-8-15-9-13/h2-9,14,16H,10H2,1H3. The Bertz CT molecular complexity index is 453. The molecule has 1 unspecified atom stereocenters. The van der Waals surface area contributed by atoms with Gasteiger partial charge in [0.1, 0.15) is 6.10 Å². The van der Waals surface area contributed by atoms with Gasteiger partial charge >= 0.3 is 0 Å². The zero-order chi connectivity index (χ0) is 12.1. The Labute approximate surface area is 101 Å². The third-order valence-corrected chi connectivity index (χ3v) is 2.61. The fraction of sp³-hybridized carbons (Fsp3) is 0.214. The van der Waals surface area contributed by atoms with E-state index in [0.717, 1.165) is 16.7 Å². The van der Waals surface area contributed by atoms with Gasteiger partial charge in [-0.05, 0) is 17.2 Å². The minimum Gasteiger partial charge on any atom is -0.384 e. The first-order valence-electron chi connectivity index (χ1n) is 5.47. The molecule has 0 spiro atoms. The average Bonchev–Trinajstić information content (AvgIpc) is 2.40. The lowest BCUT2D eigenvalue weighted by molar-refractivity contribution is 0.184. The molecule has 0 aliphatic carbocycles. The Balaban J connectivity index is 2.17. The quantitative estimate of drug-likeness (QED) is 0.874. The van der Waals surface area contributed by atoms with E-state index < -0.39 is 6.10 Å². The summed E-state index contributed by atoms with van der Waals surface area (Å²) in [4.78, 5) is 4.00. The molecule has 2 aromatic rings. The number of hydrogen-bond donors (Lipinski definition) is 1. The predicted molar refractivity (Wildman–Crippen MR) is 65.5 cm³/mol. The van der Waals surface area contributed by atoms with Crippen LogP contribution in [0.5, 0.6) is 0 Å². The van der Waals surface area contributed by atoms with E-state index in [1.54, 1.807) is 19.5 Å². The molecule has 1 atom stereocenters. The fourth-order valence-corrected chi connectivity index (χ4v) is 1.69. The topological polar surface area (TPSA) is 42.4 Å². The molecule has 1 N–H and O–H groups in total. The van der Waals surface area contributed by atoms with Crippen LogP contribution in [0.3, 0.4) is 0 Å². The zero-order valence-electron chi connectivity index (χ0n) is 9.71. The molecule has 17 heavy (non-hydrogen) atoms. The van der Waals surface area contributed by atoms with Crippen LogP contribution in [0.4, 0.5) is 0 Å². The summed E-state index contributed by atoms with van der Waals surface area (Å²) in [6.07, 6.45) is 2.74. The molecule has 0 saturated heterocycles. The highest BCUT2D eigenvalue weighted by Crippen LogP contribution is 2.21. The molecule has 0 aliphatic rings. The lowest BCUT2D eigenvalue weighted by atomic mass is 10.0. The van der Waals surface area contributed by atoms with Crippen molar-refractivity contribution in [1.29, 1.82) is 0 Å². The lowest BCUT2D eigenvalue weighted by Crippen LogP contribution is -2.00. The molecule has 0 fully saturated rings. The van der Waals surface area contributed by atoms with Crippen LogP contribution >= 0.6 is 0 Å². The summed E-state index contributed by atoms with van der Waals surface area (Å²) < 4.78 is 5.04. The third kappa shape index (κ3) is 2.90. The molecule has 0 radical (unpaired) electrons. The van der Waals surface area contributed by atoms with Gasteiger partial charge in [-0.2, -0.15) is 0 Å². The molecule has 1 heterocycles. The van der Waals surface area contributed by atoms with Gasteiger partial charge in [-0.15, -0.1) is 0 Å². The Morgan fingerprint density at radius 1 is 1.18 bits per heavy atom. The maximum absolute atomic E-state index is 10.1. The monoisotopic (exact) mass is 229 g/mol. The van der Waals surface area contributed by atoms with Gasteiger partial charge < -0.3 is 9.84 Å². The number of aliphatic hydroxyl groups is 1. The number of pyridine rings is 1. The summed E-state index contributed by atoms with van der Waals surface area (Å²) >= 11 is 0. The van der Waals surface area contributed by atoms with Crippen LogP contribution in [0.2, 0.25) is 0 Å². The van der Waals surface area contributed by atoms with Gasteiger partial charge in [0, 0.05) is 25.1 Å². The number of benzene rings is 1. The van der Waals surface area contributed by atoms with E-state index >= 15 is 0 Å². The third-order valence-electron chi connectivity index (χ3n) is 2.61. The van der Waals surface area contributed by atoms with Crippen molar-refractivity contribution in [3.8, 4) is 0 Å². The molecule has 0 bridgehead atoms. The van der Waals surface area contributed by atoms with Gasteiger partial charge in [0.2, 0.25) is 0 Å². The predicted octanol–water partition coefficient (Wildman–Crippen LogP) is 2.31. The summed E-state index contributed by atoms with van der Waals surface area (Å²) in [5.74, 6) is 0. The van der Waals surface area contributed by atoms with Crippen LogP contribution < -0.4 is 0 Å². The molecule has 0 saturated carbocycles. The smallest absolute Gasteiger partial charge is 0.106 e. The summed E-state index contributed by atoms with van der Waals surface area (Å²) in [6, 6.07) is 11.4. The van der Waals surface area contributed by atoms with Gasteiger partial charge in [0.15, 0.2) is 0 Å². The molecular weight excluding hydrogens is 214 g/mol. The van der Waals surface area contributed by atoms with Crippen molar-refractivity contribution >= 4 is 0 Å². The maximum atomic E-state index is 10.1. The molecule has 3 heteroatoms. The van der Waals surface area contributed by atoms with E-state index in [1.807, 2.05) is 36.4 Å². The van der Waals surface area contributed by atoms with Crippen molar-refractivity contribution in [3.05, 3.63) is 65.5 Å². The average molecular weight is 229 g/mol. The van der Waals surface area contributed by atoms with Crippen LogP contribution in [0, 0.1) is 0 Å². The van der Waals surface area contributed by atoms with E-state index in [9.17, 15) is 5.11 Å². The molecule has 3 nitrogen and oxygen atoms in total. The van der Waals surface area contributed by atoms with Gasteiger partial charge in [-0.3, -0.25) is 4.98 Å². The van der Waals surface area contributed by atoms with E-state index in [4.69, 9.17) is 4.74 Å². The number of ether oxygens (including phenoxy) is 1. The number of methoxy groups -OCH3 is 1. The largest absolute Gasteiger partial charge is 0.384 e. The molecule has 1 aromatic carbocycles. The zero-order valence-corrected chi connectivity index (χ0v) is 9.71. The maximum Gasteiger partial charge on any atom is 0.106 e. The number of rotatable bonds is 4. The Hall–Kier alpha value is -1.71. The second-order valence-corrected chi connectivity index (χ2v) is 3.86. The Morgan fingerprint density at radius 2 is 1.94 bits per heavy atom. The number of aromatic nitrogens is 1. The van der Waals surface area contributed by atoms with Gasteiger partial charge in [0.25, 0.3) is 0 Å². The van der Waals surface area contributed by atoms with Crippen molar-refractivity contribution in [2.24, 2.45) is 0 Å². The van der Waals surface area contributed by atoms with Gasteiger partial charge in [0.05, 0.1) is 6.61 Å². The van der Waals surface area contributed by atoms with E-state index in [0.29, 0.717) is 6.61 Å². The van der Waals surface area contributed by atoms with Gasteiger partial charge in [-0.25, -0.2) is 0 Å².